The summed E-state index contributed by atoms with van der Waals surface area (Å²) in [5.41, 5.74) is 2.50. The number of nitriles is 1. The second kappa shape index (κ2) is 6.54. The van der Waals surface area contributed by atoms with E-state index >= 15 is 0 Å². The average molecular weight is 355 g/mol. The molecule has 126 valence electrons. The summed E-state index contributed by atoms with van der Waals surface area (Å²) in [6.45, 7) is 3.53. The number of aromatic nitrogens is 3. The number of carbonyl (C=O) groups is 1. The maximum absolute atomic E-state index is 12.4. The lowest BCUT2D eigenvalue weighted by atomic mass is 10.0. The number of hydrogen-bond donors (Lipinski definition) is 0. The molecule has 7 heteroatoms. The lowest BCUT2D eigenvalue weighted by Crippen LogP contribution is -2.14. The highest BCUT2D eigenvalue weighted by Crippen LogP contribution is 2.32. The van der Waals surface area contributed by atoms with Crippen LogP contribution in [0.15, 0.2) is 30.6 Å². The highest BCUT2D eigenvalue weighted by atomic mass is 35.5. The zero-order chi connectivity index (χ0) is 18.1. The fourth-order valence-corrected chi connectivity index (χ4v) is 2.76. The summed E-state index contributed by atoms with van der Waals surface area (Å²) in [5, 5.41) is 10.2. The van der Waals surface area contributed by atoms with Crippen molar-refractivity contribution in [2.75, 3.05) is 0 Å². The van der Waals surface area contributed by atoms with Gasteiger partial charge in [-0.15, -0.1) is 0 Å². The third kappa shape index (κ3) is 3.19. The van der Waals surface area contributed by atoms with Crippen molar-refractivity contribution in [2.24, 2.45) is 7.05 Å². The van der Waals surface area contributed by atoms with Crippen molar-refractivity contribution in [3.63, 3.8) is 0 Å². The number of ether oxygens (including phenoxy) is 1. The number of carbonyl (C=O) groups excluding carboxylic acids is 1. The van der Waals surface area contributed by atoms with Gasteiger partial charge >= 0.3 is 5.97 Å². The fourth-order valence-electron chi connectivity index (χ4n) is 2.62. The molecule has 1 aromatic carbocycles. The van der Waals surface area contributed by atoms with Crippen LogP contribution >= 0.6 is 11.6 Å². The number of halogens is 1. The van der Waals surface area contributed by atoms with Crippen LogP contribution < -0.4 is 0 Å². The van der Waals surface area contributed by atoms with Crippen LogP contribution in [0.5, 0.6) is 0 Å². The van der Waals surface area contributed by atoms with Gasteiger partial charge in [-0.3, -0.25) is 0 Å². The first-order valence-corrected chi connectivity index (χ1v) is 8.01. The van der Waals surface area contributed by atoms with Crippen LogP contribution in [0.2, 0.25) is 5.28 Å². The zero-order valence-electron chi connectivity index (χ0n) is 13.9. The van der Waals surface area contributed by atoms with Gasteiger partial charge in [-0.2, -0.15) is 5.26 Å². The standard InChI is InChI=1S/C18H15ClN4O2/c1-10(2)25-17(24)14-9-21-18(19)22-16(14)13-6-11(8-20)7-15-12(13)4-5-23(15)3/h4-7,9-10H,1-3H3. The van der Waals surface area contributed by atoms with Crippen LogP contribution in [0, 0.1) is 11.3 Å². The van der Waals surface area contributed by atoms with E-state index in [9.17, 15) is 10.1 Å². The number of esters is 1. The minimum Gasteiger partial charge on any atom is -0.459 e. The molecule has 0 atom stereocenters. The molecule has 0 amide bonds. The monoisotopic (exact) mass is 354 g/mol. The van der Waals surface area contributed by atoms with Gasteiger partial charge in [0.05, 0.1) is 23.4 Å². The highest BCUT2D eigenvalue weighted by Gasteiger charge is 2.21. The summed E-state index contributed by atoms with van der Waals surface area (Å²) < 4.78 is 7.18. The zero-order valence-corrected chi connectivity index (χ0v) is 14.7. The summed E-state index contributed by atoms with van der Waals surface area (Å²) in [5.74, 6) is -0.534. The Morgan fingerprint density at radius 1 is 1.40 bits per heavy atom. The van der Waals surface area contributed by atoms with Crippen LogP contribution in [-0.4, -0.2) is 26.6 Å². The van der Waals surface area contributed by atoms with Crippen LogP contribution in [0.3, 0.4) is 0 Å². The van der Waals surface area contributed by atoms with Gasteiger partial charge in [0.2, 0.25) is 5.28 Å². The predicted molar refractivity (Wildman–Crippen MR) is 94.2 cm³/mol. The van der Waals surface area contributed by atoms with Gasteiger partial charge in [-0.1, -0.05) is 0 Å². The summed E-state index contributed by atoms with van der Waals surface area (Å²) in [4.78, 5) is 20.6. The van der Waals surface area contributed by atoms with Gasteiger partial charge in [0.1, 0.15) is 5.56 Å². The number of hydrogen-bond acceptors (Lipinski definition) is 5. The topological polar surface area (TPSA) is 80.8 Å². The average Bonchev–Trinajstić information content (AvgIpc) is 2.94. The third-order valence-electron chi connectivity index (χ3n) is 3.71. The number of benzene rings is 1. The van der Waals surface area contributed by atoms with E-state index in [1.807, 2.05) is 23.9 Å². The maximum atomic E-state index is 12.4. The Kier molecular flexibility index (Phi) is 4.43. The molecular formula is C18H15ClN4O2. The smallest absolute Gasteiger partial charge is 0.342 e. The lowest BCUT2D eigenvalue weighted by Gasteiger charge is -2.12. The Morgan fingerprint density at radius 3 is 2.84 bits per heavy atom. The predicted octanol–water partition coefficient (Wildman–Crippen LogP) is 3.73. The van der Waals surface area contributed by atoms with Gasteiger partial charge in [-0.25, -0.2) is 14.8 Å². The number of nitrogens with zero attached hydrogens (tertiary/aromatic N) is 4. The number of fused-ring (bicyclic) bond motifs is 1. The molecule has 0 saturated heterocycles. The van der Waals surface area contributed by atoms with Gasteiger partial charge in [0, 0.05) is 35.9 Å². The van der Waals surface area contributed by atoms with Crippen LogP contribution in [0.4, 0.5) is 0 Å². The largest absolute Gasteiger partial charge is 0.459 e. The molecule has 0 bridgehead atoms. The molecule has 3 aromatic rings. The molecular weight excluding hydrogens is 340 g/mol. The first kappa shape index (κ1) is 16.9. The highest BCUT2D eigenvalue weighted by molar-refractivity contribution is 6.28. The van der Waals surface area contributed by atoms with Crippen molar-refractivity contribution in [3.8, 4) is 17.3 Å². The van der Waals surface area contributed by atoms with E-state index in [0.717, 1.165) is 10.9 Å². The molecule has 6 nitrogen and oxygen atoms in total. The molecule has 0 aliphatic rings. The van der Waals surface area contributed by atoms with Crippen molar-refractivity contribution >= 4 is 28.5 Å². The second-order valence-corrected chi connectivity index (χ2v) is 6.19. The Bertz CT molecular complexity index is 1020. The van der Waals surface area contributed by atoms with Gasteiger partial charge < -0.3 is 9.30 Å². The number of rotatable bonds is 3. The molecule has 0 N–H and O–H groups in total. The van der Waals surface area contributed by atoms with Crippen molar-refractivity contribution in [3.05, 3.63) is 47.0 Å². The van der Waals surface area contributed by atoms with E-state index in [1.54, 1.807) is 26.0 Å². The molecule has 0 aliphatic carbocycles. The van der Waals surface area contributed by atoms with Crippen molar-refractivity contribution in [1.29, 1.82) is 5.26 Å². The Hall–Kier alpha value is -2.91. The molecule has 0 radical (unpaired) electrons. The van der Waals surface area contributed by atoms with E-state index in [0.29, 0.717) is 16.8 Å². The van der Waals surface area contributed by atoms with E-state index in [-0.39, 0.29) is 17.0 Å². The van der Waals surface area contributed by atoms with E-state index in [4.69, 9.17) is 16.3 Å². The van der Waals surface area contributed by atoms with Crippen LogP contribution in [0.1, 0.15) is 29.8 Å². The van der Waals surface area contributed by atoms with Gasteiger partial charge in [0.15, 0.2) is 0 Å². The Morgan fingerprint density at radius 2 is 2.16 bits per heavy atom. The third-order valence-corrected chi connectivity index (χ3v) is 3.89. The number of aryl methyl sites for hydroxylation is 1. The Labute approximate surface area is 149 Å². The summed E-state index contributed by atoms with van der Waals surface area (Å²) in [7, 11) is 1.88. The molecule has 3 rings (SSSR count). The normalized spacial score (nSPS) is 10.9. The first-order chi connectivity index (χ1) is 11.9. The molecule has 2 heterocycles. The molecule has 0 fully saturated rings. The molecule has 2 aromatic heterocycles. The summed E-state index contributed by atoms with van der Waals surface area (Å²) in [6.07, 6.45) is 2.95. The van der Waals surface area contributed by atoms with Crippen molar-refractivity contribution in [2.45, 2.75) is 20.0 Å². The summed E-state index contributed by atoms with van der Waals surface area (Å²) in [6, 6.07) is 7.51. The van der Waals surface area contributed by atoms with E-state index in [2.05, 4.69) is 16.0 Å². The van der Waals surface area contributed by atoms with E-state index < -0.39 is 5.97 Å². The first-order valence-electron chi connectivity index (χ1n) is 7.63. The molecule has 0 unspecified atom stereocenters. The molecule has 25 heavy (non-hydrogen) atoms. The summed E-state index contributed by atoms with van der Waals surface area (Å²) >= 11 is 5.96. The Balaban J connectivity index is 2.30. The van der Waals surface area contributed by atoms with E-state index in [1.165, 1.54) is 6.20 Å². The van der Waals surface area contributed by atoms with Crippen molar-refractivity contribution in [1.82, 2.24) is 14.5 Å². The second-order valence-electron chi connectivity index (χ2n) is 5.85. The minimum absolute atomic E-state index is 0.0162. The quantitative estimate of drug-likeness (QED) is 0.529. The SMILES string of the molecule is CC(C)OC(=O)c1cnc(Cl)nc1-c1cc(C#N)cc2c1ccn2C. The lowest BCUT2D eigenvalue weighted by molar-refractivity contribution is 0.0378. The fraction of sp³-hybridized carbons (Fsp3) is 0.222. The van der Waals surface area contributed by atoms with Crippen LogP contribution in [0.25, 0.3) is 22.2 Å². The molecule has 0 saturated carbocycles. The van der Waals surface area contributed by atoms with Gasteiger partial charge in [-0.05, 0) is 43.6 Å². The van der Waals surface area contributed by atoms with Crippen LogP contribution in [-0.2, 0) is 11.8 Å². The van der Waals surface area contributed by atoms with Gasteiger partial charge in [0.25, 0.3) is 0 Å². The van der Waals surface area contributed by atoms with Crippen molar-refractivity contribution < 1.29 is 9.53 Å². The maximum Gasteiger partial charge on any atom is 0.342 e. The molecule has 0 aliphatic heterocycles. The minimum atomic E-state index is -0.534. The molecule has 0 spiro atoms.